The number of anilines is 1. The van der Waals surface area contributed by atoms with Crippen LogP contribution in [0, 0.1) is 12.8 Å². The van der Waals surface area contributed by atoms with E-state index in [-0.39, 0.29) is 11.8 Å². The molecule has 1 fully saturated rings. The number of aromatic nitrogens is 2. The van der Waals surface area contributed by atoms with Crippen molar-refractivity contribution in [1.82, 2.24) is 20.2 Å². The highest BCUT2D eigenvalue weighted by molar-refractivity contribution is 6.30. The number of nitrogen functional groups attached to an aromatic ring is 1. The number of amides is 2. The lowest BCUT2D eigenvalue weighted by Gasteiger charge is -2.25. The first-order valence-corrected chi connectivity index (χ1v) is 11.7. The van der Waals surface area contributed by atoms with Gasteiger partial charge in [0.15, 0.2) is 0 Å². The van der Waals surface area contributed by atoms with Crippen molar-refractivity contribution in [1.29, 1.82) is 0 Å². The molecule has 1 aromatic carbocycles. The smallest absolute Gasteiger partial charge is 0.255 e. The van der Waals surface area contributed by atoms with Crippen molar-refractivity contribution in [3.05, 3.63) is 46.4 Å². The third kappa shape index (κ3) is 6.35. The lowest BCUT2D eigenvalue weighted by Crippen LogP contribution is -2.47. The standard InChI is InChI=1S/C24H32ClN5O3/c1-15(27-23(31)18-8-4-5-9-20(18)33-3)24(32)30-13-6-7-17(12-14-30)10-11-19-21(25)28-16(2)29-22(19)26/h4-5,8-9,15,17H,6-7,10-14H2,1-3H3,(H,27,31)(H2,26,28,29)/t15-,17+/m0/s1. The SMILES string of the molecule is COc1ccccc1C(=O)N[C@@H](C)C(=O)N1CCC[C@H](CCc2c(N)nc(C)nc2Cl)CC1. The van der Waals surface area contributed by atoms with Gasteiger partial charge in [-0.3, -0.25) is 9.59 Å². The van der Waals surface area contributed by atoms with Gasteiger partial charge in [0.2, 0.25) is 5.91 Å². The minimum Gasteiger partial charge on any atom is -0.496 e. The molecule has 1 aromatic heterocycles. The molecule has 178 valence electrons. The monoisotopic (exact) mass is 473 g/mol. The lowest BCUT2D eigenvalue weighted by atomic mass is 9.93. The van der Waals surface area contributed by atoms with Crippen LogP contribution in [-0.4, -0.2) is 52.9 Å². The van der Waals surface area contributed by atoms with Gasteiger partial charge in [-0.1, -0.05) is 23.7 Å². The number of benzene rings is 1. The Balaban J connectivity index is 1.53. The number of nitrogens with zero attached hydrogens (tertiary/aromatic N) is 3. The maximum atomic E-state index is 13.0. The first-order chi connectivity index (χ1) is 15.8. The number of ether oxygens (including phenoxy) is 1. The number of aryl methyl sites for hydroxylation is 1. The first kappa shape index (κ1) is 24.8. The topological polar surface area (TPSA) is 110 Å². The highest BCUT2D eigenvalue weighted by Gasteiger charge is 2.26. The summed E-state index contributed by atoms with van der Waals surface area (Å²) in [6.45, 7) is 4.83. The number of para-hydroxylation sites is 1. The Morgan fingerprint density at radius 1 is 1.27 bits per heavy atom. The zero-order valence-corrected chi connectivity index (χ0v) is 20.2. The number of nitrogens with one attached hydrogen (secondary N) is 1. The van der Waals surface area contributed by atoms with Gasteiger partial charge in [-0.15, -0.1) is 0 Å². The quantitative estimate of drug-likeness (QED) is 0.596. The maximum absolute atomic E-state index is 13.0. The summed E-state index contributed by atoms with van der Waals surface area (Å²) in [5, 5.41) is 3.23. The van der Waals surface area contributed by atoms with Gasteiger partial charge in [0.1, 0.15) is 28.6 Å². The molecule has 0 saturated carbocycles. The molecule has 3 N–H and O–H groups in total. The molecule has 0 aliphatic carbocycles. The molecule has 1 saturated heterocycles. The number of likely N-dealkylation sites (tertiary alicyclic amines) is 1. The second kappa shape index (κ2) is 11.3. The fraction of sp³-hybridized carbons (Fsp3) is 0.500. The molecule has 2 atom stereocenters. The summed E-state index contributed by atoms with van der Waals surface area (Å²) in [7, 11) is 1.52. The summed E-state index contributed by atoms with van der Waals surface area (Å²) in [6.07, 6.45) is 4.46. The summed E-state index contributed by atoms with van der Waals surface area (Å²) in [5.41, 5.74) is 7.24. The number of methoxy groups -OCH3 is 1. The van der Waals surface area contributed by atoms with Crippen molar-refractivity contribution in [2.45, 2.75) is 52.0 Å². The number of rotatable bonds is 7. The van der Waals surface area contributed by atoms with Crippen LogP contribution in [0.1, 0.15) is 54.4 Å². The van der Waals surface area contributed by atoms with Crippen LogP contribution in [0.25, 0.3) is 0 Å². The Labute approximate surface area is 199 Å². The van der Waals surface area contributed by atoms with E-state index in [0.717, 1.165) is 37.7 Å². The van der Waals surface area contributed by atoms with Gasteiger partial charge in [0.25, 0.3) is 5.91 Å². The molecule has 0 unspecified atom stereocenters. The van der Waals surface area contributed by atoms with Crippen molar-refractivity contribution in [2.75, 3.05) is 25.9 Å². The van der Waals surface area contributed by atoms with E-state index < -0.39 is 6.04 Å². The average Bonchev–Trinajstić information content (AvgIpc) is 3.03. The molecule has 1 aliphatic rings. The minimum atomic E-state index is -0.623. The van der Waals surface area contributed by atoms with Crippen molar-refractivity contribution in [3.8, 4) is 5.75 Å². The Bertz CT molecular complexity index is 977. The molecule has 9 heteroatoms. The minimum absolute atomic E-state index is 0.0712. The zero-order valence-electron chi connectivity index (χ0n) is 19.4. The van der Waals surface area contributed by atoms with Crippen LogP contribution >= 0.6 is 11.6 Å². The Hall–Kier alpha value is -2.87. The van der Waals surface area contributed by atoms with Gasteiger partial charge in [0, 0.05) is 18.7 Å². The van der Waals surface area contributed by atoms with E-state index >= 15 is 0 Å². The largest absolute Gasteiger partial charge is 0.496 e. The van der Waals surface area contributed by atoms with Crippen molar-refractivity contribution >= 4 is 29.2 Å². The maximum Gasteiger partial charge on any atom is 0.255 e. The summed E-state index contributed by atoms with van der Waals surface area (Å²) < 4.78 is 5.25. The van der Waals surface area contributed by atoms with E-state index in [2.05, 4.69) is 15.3 Å². The highest BCUT2D eigenvalue weighted by atomic mass is 35.5. The number of nitrogens with two attached hydrogens (primary N) is 1. The molecule has 0 spiro atoms. The molecule has 2 amide bonds. The van der Waals surface area contributed by atoms with Gasteiger partial charge >= 0.3 is 0 Å². The molecule has 0 bridgehead atoms. The normalized spacial score (nSPS) is 17.2. The van der Waals surface area contributed by atoms with E-state index in [9.17, 15) is 9.59 Å². The molecular weight excluding hydrogens is 442 g/mol. The first-order valence-electron chi connectivity index (χ1n) is 11.3. The Morgan fingerprint density at radius 3 is 2.76 bits per heavy atom. The van der Waals surface area contributed by atoms with Crippen LogP contribution < -0.4 is 15.8 Å². The van der Waals surface area contributed by atoms with Crippen molar-refractivity contribution < 1.29 is 14.3 Å². The van der Waals surface area contributed by atoms with Gasteiger partial charge in [-0.05, 0) is 64.0 Å². The summed E-state index contributed by atoms with van der Waals surface area (Å²) in [6, 6.07) is 6.34. The van der Waals surface area contributed by atoms with E-state index in [1.807, 2.05) is 4.90 Å². The van der Waals surface area contributed by atoms with Gasteiger partial charge in [0.05, 0.1) is 12.7 Å². The fourth-order valence-electron chi connectivity index (χ4n) is 4.28. The molecule has 2 aromatic rings. The number of carbonyl (C=O) groups excluding carboxylic acids is 2. The molecule has 8 nitrogen and oxygen atoms in total. The van der Waals surface area contributed by atoms with E-state index in [1.54, 1.807) is 38.1 Å². The number of carbonyl (C=O) groups is 2. The third-order valence-electron chi connectivity index (χ3n) is 6.13. The van der Waals surface area contributed by atoms with Crippen molar-refractivity contribution in [2.24, 2.45) is 5.92 Å². The second-order valence-corrected chi connectivity index (χ2v) is 8.84. The summed E-state index contributed by atoms with van der Waals surface area (Å²) >= 11 is 6.26. The van der Waals surface area contributed by atoms with Crippen LogP contribution in [0.15, 0.2) is 24.3 Å². The highest BCUT2D eigenvalue weighted by Crippen LogP contribution is 2.27. The zero-order chi connectivity index (χ0) is 24.0. The van der Waals surface area contributed by atoms with Gasteiger partial charge in [-0.25, -0.2) is 9.97 Å². The summed E-state index contributed by atoms with van der Waals surface area (Å²) in [4.78, 5) is 35.9. The number of hydrogen-bond acceptors (Lipinski definition) is 6. The van der Waals surface area contributed by atoms with E-state index in [4.69, 9.17) is 22.1 Å². The van der Waals surface area contributed by atoms with Crippen LogP contribution in [0.3, 0.4) is 0 Å². The predicted octanol–water partition coefficient (Wildman–Crippen LogP) is 3.41. The lowest BCUT2D eigenvalue weighted by molar-refractivity contribution is -0.132. The molecule has 33 heavy (non-hydrogen) atoms. The van der Waals surface area contributed by atoms with Gasteiger partial charge in [-0.2, -0.15) is 0 Å². The van der Waals surface area contributed by atoms with Crippen LogP contribution in [-0.2, 0) is 11.2 Å². The van der Waals surface area contributed by atoms with E-state index in [1.165, 1.54) is 7.11 Å². The van der Waals surface area contributed by atoms with Crippen LogP contribution in [0.4, 0.5) is 5.82 Å². The molecule has 3 rings (SSSR count). The van der Waals surface area contributed by atoms with Crippen LogP contribution in [0.5, 0.6) is 5.75 Å². The van der Waals surface area contributed by atoms with Crippen molar-refractivity contribution in [3.63, 3.8) is 0 Å². The predicted molar refractivity (Wildman–Crippen MR) is 128 cm³/mol. The summed E-state index contributed by atoms with van der Waals surface area (Å²) in [5.74, 6) is 1.55. The average molecular weight is 474 g/mol. The molecule has 0 radical (unpaired) electrons. The molecule has 1 aliphatic heterocycles. The molecular formula is C24H32ClN5O3. The van der Waals surface area contributed by atoms with Crippen LogP contribution in [0.2, 0.25) is 5.15 Å². The number of hydrogen-bond donors (Lipinski definition) is 2. The van der Waals surface area contributed by atoms with Gasteiger partial charge < -0.3 is 20.7 Å². The number of halogens is 1. The second-order valence-electron chi connectivity index (χ2n) is 8.48. The Kier molecular flexibility index (Phi) is 8.49. The Morgan fingerprint density at radius 2 is 2.03 bits per heavy atom. The van der Waals surface area contributed by atoms with E-state index in [0.29, 0.717) is 47.1 Å². The third-order valence-corrected chi connectivity index (χ3v) is 6.44. The molecule has 2 heterocycles. The fourth-order valence-corrected chi connectivity index (χ4v) is 4.59.